The van der Waals surface area contributed by atoms with Crippen molar-refractivity contribution in [3.05, 3.63) is 34.4 Å². The Bertz CT molecular complexity index is 774. The van der Waals surface area contributed by atoms with Crippen molar-refractivity contribution >= 4 is 0 Å². The summed E-state index contributed by atoms with van der Waals surface area (Å²) in [5.74, 6) is 0.443. The van der Waals surface area contributed by atoms with Gasteiger partial charge in [-0.1, -0.05) is 0 Å². The van der Waals surface area contributed by atoms with E-state index in [1.165, 1.54) is 6.07 Å². The molecule has 1 fully saturated rings. The molecule has 0 unspecified atom stereocenters. The van der Waals surface area contributed by atoms with E-state index in [1.54, 1.807) is 6.20 Å². The third-order valence-corrected chi connectivity index (χ3v) is 4.66. The van der Waals surface area contributed by atoms with Crippen molar-refractivity contribution < 1.29 is 9.84 Å². The molecule has 0 amide bonds. The summed E-state index contributed by atoms with van der Waals surface area (Å²) < 4.78 is 9.34. The summed E-state index contributed by atoms with van der Waals surface area (Å²) in [7, 11) is 0. The highest BCUT2D eigenvalue weighted by Gasteiger charge is 2.24. The number of hydrogen-bond acceptors (Lipinski definition) is 5. The highest BCUT2D eigenvalue weighted by molar-refractivity contribution is 5.61. The van der Waals surface area contributed by atoms with Crippen molar-refractivity contribution in [3.63, 3.8) is 0 Å². The number of aromatic nitrogens is 3. The van der Waals surface area contributed by atoms with Crippen LogP contribution in [-0.2, 0) is 24.4 Å². The van der Waals surface area contributed by atoms with Gasteiger partial charge >= 0.3 is 0 Å². The fraction of sp³-hybridized carbons (Fsp3) is 0.500. The number of aromatic hydroxyl groups is 1. The predicted molar refractivity (Wildman–Crippen MR) is 84.3 cm³/mol. The molecule has 2 aliphatic rings. The number of imidazole rings is 1. The van der Waals surface area contributed by atoms with E-state index in [0.29, 0.717) is 17.6 Å². The van der Waals surface area contributed by atoms with E-state index in [9.17, 15) is 9.90 Å². The van der Waals surface area contributed by atoms with Gasteiger partial charge in [0.2, 0.25) is 5.43 Å². The molecular formula is C16H20N4O3. The first-order chi connectivity index (χ1) is 11.2. The molecule has 2 N–H and O–H groups in total. The van der Waals surface area contributed by atoms with Crippen molar-refractivity contribution in [3.8, 4) is 17.3 Å². The van der Waals surface area contributed by atoms with Crippen molar-refractivity contribution in [2.75, 3.05) is 13.2 Å². The molecule has 7 nitrogen and oxygen atoms in total. The van der Waals surface area contributed by atoms with Crippen molar-refractivity contribution in [2.24, 2.45) is 0 Å². The van der Waals surface area contributed by atoms with E-state index in [1.807, 2.05) is 10.8 Å². The van der Waals surface area contributed by atoms with E-state index in [2.05, 4.69) is 14.9 Å². The summed E-state index contributed by atoms with van der Waals surface area (Å²) in [6.45, 7) is 3.86. The Morgan fingerprint density at radius 1 is 1.35 bits per heavy atom. The molecule has 4 heterocycles. The lowest BCUT2D eigenvalue weighted by molar-refractivity contribution is 0.0774. The lowest BCUT2D eigenvalue weighted by Crippen LogP contribution is -2.35. The summed E-state index contributed by atoms with van der Waals surface area (Å²) >= 11 is 0. The maximum atomic E-state index is 11.7. The Labute approximate surface area is 133 Å². The standard InChI is InChI=1S/C16H20N4O3/c21-13-1-4-19-5-6-20-12(9-17-11-2-7-23-8-3-11)10-18-16(20)14(19)15(13)22/h1,4,10-11,17,22H,2-3,5-9H2. The molecule has 0 bridgehead atoms. The molecule has 0 radical (unpaired) electrons. The van der Waals surface area contributed by atoms with Crippen LogP contribution in [0, 0.1) is 0 Å². The quantitative estimate of drug-likeness (QED) is 0.871. The highest BCUT2D eigenvalue weighted by Crippen LogP contribution is 2.29. The first-order valence-corrected chi connectivity index (χ1v) is 8.02. The van der Waals surface area contributed by atoms with Gasteiger partial charge in [-0.2, -0.15) is 0 Å². The maximum absolute atomic E-state index is 11.7. The fourth-order valence-electron chi connectivity index (χ4n) is 3.33. The van der Waals surface area contributed by atoms with Gasteiger partial charge in [-0.05, 0) is 12.8 Å². The van der Waals surface area contributed by atoms with Crippen LogP contribution in [0.4, 0.5) is 0 Å². The lowest BCUT2D eigenvalue weighted by Gasteiger charge is -2.25. The molecule has 122 valence electrons. The topological polar surface area (TPSA) is 81.3 Å². The number of nitrogens with one attached hydrogen (secondary N) is 1. The van der Waals surface area contributed by atoms with Crippen molar-refractivity contribution in [1.29, 1.82) is 0 Å². The molecule has 2 aromatic heterocycles. The van der Waals surface area contributed by atoms with Crippen LogP contribution < -0.4 is 10.7 Å². The van der Waals surface area contributed by atoms with Crippen LogP contribution in [0.1, 0.15) is 18.5 Å². The van der Waals surface area contributed by atoms with E-state index < -0.39 is 0 Å². The predicted octanol–water partition coefficient (Wildman–Crippen LogP) is 0.700. The molecule has 0 atom stereocenters. The van der Waals surface area contributed by atoms with Gasteiger partial charge in [0.1, 0.15) is 5.69 Å². The molecule has 7 heteroatoms. The van der Waals surface area contributed by atoms with Crippen LogP contribution in [-0.4, -0.2) is 38.5 Å². The minimum absolute atomic E-state index is 0.219. The van der Waals surface area contributed by atoms with Gasteiger partial charge in [-0.3, -0.25) is 4.79 Å². The van der Waals surface area contributed by atoms with Gasteiger partial charge in [-0.15, -0.1) is 0 Å². The number of pyridine rings is 1. The Hall–Kier alpha value is -2.12. The SMILES string of the molecule is O=c1ccn2c(c1O)-c1ncc(CNC3CCOCC3)n1CC2. The number of fused-ring (bicyclic) bond motifs is 3. The number of nitrogens with zero attached hydrogens (tertiary/aromatic N) is 3. The van der Waals surface area contributed by atoms with Gasteiger partial charge in [0.05, 0.1) is 11.9 Å². The lowest BCUT2D eigenvalue weighted by atomic mass is 10.1. The maximum Gasteiger partial charge on any atom is 0.223 e. The van der Waals surface area contributed by atoms with Gasteiger partial charge in [0.15, 0.2) is 11.6 Å². The van der Waals surface area contributed by atoms with Crippen LogP contribution >= 0.6 is 0 Å². The number of aryl methyl sites for hydroxylation is 1. The molecule has 0 aromatic carbocycles. The monoisotopic (exact) mass is 316 g/mol. The summed E-state index contributed by atoms with van der Waals surface area (Å²) in [4.78, 5) is 16.2. The fourth-order valence-corrected chi connectivity index (χ4v) is 3.33. The number of rotatable bonds is 3. The van der Waals surface area contributed by atoms with E-state index in [0.717, 1.165) is 51.4 Å². The summed E-state index contributed by atoms with van der Waals surface area (Å²) in [5.41, 5.74) is 1.23. The van der Waals surface area contributed by atoms with Gasteiger partial charge in [0.25, 0.3) is 0 Å². The van der Waals surface area contributed by atoms with Crippen LogP contribution in [0.15, 0.2) is 23.3 Å². The minimum atomic E-state index is -0.366. The first kappa shape index (κ1) is 14.5. The van der Waals surface area contributed by atoms with Gasteiger partial charge in [-0.25, -0.2) is 4.98 Å². The smallest absolute Gasteiger partial charge is 0.223 e. The van der Waals surface area contributed by atoms with Crippen molar-refractivity contribution in [1.82, 2.24) is 19.4 Å². The molecule has 1 saturated heterocycles. The Morgan fingerprint density at radius 3 is 3.00 bits per heavy atom. The van der Waals surface area contributed by atoms with E-state index >= 15 is 0 Å². The summed E-state index contributed by atoms with van der Waals surface area (Å²) in [5, 5.41) is 13.7. The summed E-state index contributed by atoms with van der Waals surface area (Å²) in [6.07, 6.45) is 5.60. The third kappa shape index (κ3) is 2.55. The Balaban J connectivity index is 1.60. The number of ether oxygens (including phenoxy) is 1. The summed E-state index contributed by atoms with van der Waals surface area (Å²) in [6, 6.07) is 1.87. The van der Waals surface area contributed by atoms with Gasteiger partial charge < -0.3 is 24.3 Å². The van der Waals surface area contributed by atoms with Crippen LogP contribution in [0.3, 0.4) is 0 Å². The van der Waals surface area contributed by atoms with Crippen molar-refractivity contribution in [2.45, 2.75) is 38.5 Å². The average Bonchev–Trinajstić information content (AvgIpc) is 3.00. The second-order valence-corrected chi connectivity index (χ2v) is 6.06. The molecule has 23 heavy (non-hydrogen) atoms. The molecule has 0 saturated carbocycles. The zero-order chi connectivity index (χ0) is 15.8. The average molecular weight is 316 g/mol. The van der Waals surface area contributed by atoms with E-state index in [4.69, 9.17) is 4.74 Å². The second kappa shape index (κ2) is 5.82. The number of hydrogen-bond donors (Lipinski definition) is 2. The minimum Gasteiger partial charge on any atom is -0.503 e. The molecular weight excluding hydrogens is 296 g/mol. The van der Waals surface area contributed by atoms with Crippen LogP contribution in [0.2, 0.25) is 0 Å². The third-order valence-electron chi connectivity index (χ3n) is 4.66. The zero-order valence-corrected chi connectivity index (χ0v) is 12.9. The van der Waals surface area contributed by atoms with Crippen LogP contribution in [0.25, 0.3) is 11.5 Å². The molecule has 0 spiro atoms. The highest BCUT2D eigenvalue weighted by atomic mass is 16.5. The molecule has 2 aliphatic heterocycles. The van der Waals surface area contributed by atoms with Crippen LogP contribution in [0.5, 0.6) is 5.75 Å². The Morgan fingerprint density at radius 2 is 2.17 bits per heavy atom. The second-order valence-electron chi connectivity index (χ2n) is 6.06. The largest absolute Gasteiger partial charge is 0.503 e. The Kier molecular flexibility index (Phi) is 3.66. The van der Waals surface area contributed by atoms with E-state index in [-0.39, 0.29) is 11.2 Å². The molecule has 2 aromatic rings. The normalized spacial score (nSPS) is 17.7. The molecule has 4 rings (SSSR count). The zero-order valence-electron chi connectivity index (χ0n) is 12.9. The first-order valence-electron chi connectivity index (χ1n) is 8.02. The molecule has 0 aliphatic carbocycles. The van der Waals surface area contributed by atoms with Gasteiger partial charge in [0, 0.05) is 51.2 Å².